The molecule has 0 fully saturated rings. The maximum absolute atomic E-state index is 12.8. The van der Waals surface area contributed by atoms with E-state index >= 15 is 0 Å². The zero-order valence-corrected chi connectivity index (χ0v) is 18.5. The predicted molar refractivity (Wildman–Crippen MR) is 113 cm³/mol. The number of benzene rings is 2. The summed E-state index contributed by atoms with van der Waals surface area (Å²) in [6.07, 6.45) is 1.99. The Morgan fingerprint density at radius 2 is 1.89 bits per heavy atom. The Bertz CT molecular complexity index is 933. The van der Waals surface area contributed by atoms with Gasteiger partial charge in [-0.05, 0) is 49.1 Å². The van der Waals surface area contributed by atoms with Gasteiger partial charge in [0.25, 0.3) is 0 Å². The number of thioether (sulfide) groups is 1. The predicted octanol–water partition coefficient (Wildman–Crippen LogP) is 3.57. The van der Waals surface area contributed by atoms with Crippen molar-refractivity contribution in [2.45, 2.75) is 22.8 Å². The Kier molecular flexibility index (Phi) is 7.77. The van der Waals surface area contributed by atoms with Crippen LogP contribution in [0, 0.1) is 0 Å². The number of nitrogens with zero attached hydrogens (tertiary/aromatic N) is 1. The molecule has 2 aromatic rings. The van der Waals surface area contributed by atoms with Gasteiger partial charge < -0.3 is 10.1 Å². The van der Waals surface area contributed by atoms with Gasteiger partial charge in [-0.25, -0.2) is 8.42 Å². The molecule has 0 saturated carbocycles. The van der Waals surface area contributed by atoms with Crippen LogP contribution in [0.25, 0.3) is 0 Å². The van der Waals surface area contributed by atoms with Gasteiger partial charge in [-0.15, -0.1) is 11.8 Å². The smallest absolute Gasteiger partial charge is 0.247 e. The summed E-state index contributed by atoms with van der Waals surface area (Å²) in [6, 6.07) is 11.9. The summed E-state index contributed by atoms with van der Waals surface area (Å²) in [5.41, 5.74) is 0.938. The van der Waals surface area contributed by atoms with Crippen LogP contribution in [0.1, 0.15) is 18.5 Å². The molecule has 0 bridgehead atoms. The molecule has 2 rings (SSSR count). The Hall–Kier alpha value is -1.74. The van der Waals surface area contributed by atoms with Crippen LogP contribution in [0.4, 0.5) is 0 Å². The third kappa shape index (κ3) is 5.41. The molecule has 2 aromatic carbocycles. The van der Waals surface area contributed by atoms with Crippen LogP contribution in [0.15, 0.2) is 52.3 Å². The van der Waals surface area contributed by atoms with E-state index in [1.54, 1.807) is 11.8 Å². The molecule has 152 valence electrons. The van der Waals surface area contributed by atoms with Gasteiger partial charge in [0.05, 0.1) is 19.7 Å². The van der Waals surface area contributed by atoms with Crippen molar-refractivity contribution in [2.75, 3.05) is 27.0 Å². The summed E-state index contributed by atoms with van der Waals surface area (Å²) in [4.78, 5) is 13.4. The lowest BCUT2D eigenvalue weighted by atomic mass is 10.1. The second kappa shape index (κ2) is 9.65. The number of amides is 1. The summed E-state index contributed by atoms with van der Waals surface area (Å²) in [6.45, 7) is 1.52. The van der Waals surface area contributed by atoms with E-state index in [0.717, 1.165) is 14.8 Å². The molecule has 0 heterocycles. The fraction of sp³-hybridized carbons (Fsp3) is 0.316. The maximum Gasteiger partial charge on any atom is 0.247 e. The van der Waals surface area contributed by atoms with Crippen molar-refractivity contribution >= 4 is 39.3 Å². The van der Waals surface area contributed by atoms with Gasteiger partial charge >= 0.3 is 0 Å². The lowest BCUT2D eigenvalue weighted by molar-refractivity contribution is -0.121. The van der Waals surface area contributed by atoms with E-state index in [-0.39, 0.29) is 28.3 Å². The molecule has 0 aromatic heterocycles. The first kappa shape index (κ1) is 22.5. The van der Waals surface area contributed by atoms with Gasteiger partial charge in [0.2, 0.25) is 15.9 Å². The van der Waals surface area contributed by atoms with Crippen molar-refractivity contribution in [3.8, 4) is 5.75 Å². The summed E-state index contributed by atoms with van der Waals surface area (Å²) in [5.74, 6) is -0.243. The van der Waals surface area contributed by atoms with Crippen molar-refractivity contribution in [1.82, 2.24) is 9.62 Å². The normalized spacial score (nSPS) is 12.6. The van der Waals surface area contributed by atoms with Crippen molar-refractivity contribution in [3.05, 3.63) is 53.1 Å². The van der Waals surface area contributed by atoms with Gasteiger partial charge in [-0.3, -0.25) is 4.79 Å². The third-order valence-electron chi connectivity index (χ3n) is 4.17. The summed E-state index contributed by atoms with van der Waals surface area (Å²) >= 11 is 7.56. The van der Waals surface area contributed by atoms with E-state index < -0.39 is 15.9 Å². The molecule has 6 nitrogen and oxygen atoms in total. The number of likely N-dealkylation sites (N-methyl/N-ethyl adjacent to an activating group) is 1. The molecule has 1 N–H and O–H groups in total. The molecule has 9 heteroatoms. The van der Waals surface area contributed by atoms with Gasteiger partial charge in [0.15, 0.2) is 0 Å². The third-order valence-corrected chi connectivity index (χ3v) is 6.98. The molecule has 0 aliphatic rings. The zero-order valence-electron chi connectivity index (χ0n) is 16.1. The van der Waals surface area contributed by atoms with E-state index in [9.17, 15) is 13.2 Å². The fourth-order valence-corrected chi connectivity index (χ4v) is 4.52. The van der Waals surface area contributed by atoms with Crippen molar-refractivity contribution in [2.24, 2.45) is 0 Å². The van der Waals surface area contributed by atoms with Crippen molar-refractivity contribution < 1.29 is 17.9 Å². The molecule has 0 spiro atoms. The van der Waals surface area contributed by atoms with Crippen LogP contribution < -0.4 is 10.1 Å². The quantitative estimate of drug-likeness (QED) is 0.632. The van der Waals surface area contributed by atoms with Gasteiger partial charge in [-0.2, -0.15) is 4.31 Å². The average Bonchev–Trinajstić information content (AvgIpc) is 2.67. The highest BCUT2D eigenvalue weighted by atomic mass is 35.5. The van der Waals surface area contributed by atoms with Crippen LogP contribution in [0.3, 0.4) is 0 Å². The lowest BCUT2D eigenvalue weighted by Crippen LogP contribution is -2.39. The number of rotatable bonds is 8. The lowest BCUT2D eigenvalue weighted by Gasteiger charge is -2.20. The molecule has 0 unspecified atom stereocenters. The fourth-order valence-electron chi connectivity index (χ4n) is 2.57. The molecule has 0 aliphatic heterocycles. The van der Waals surface area contributed by atoms with E-state index in [4.69, 9.17) is 16.3 Å². The Labute approximate surface area is 175 Å². The van der Waals surface area contributed by atoms with E-state index in [1.807, 2.05) is 37.4 Å². The Morgan fingerprint density at radius 1 is 1.25 bits per heavy atom. The summed E-state index contributed by atoms with van der Waals surface area (Å²) in [7, 11) is -1.23. The van der Waals surface area contributed by atoms with Crippen LogP contribution in [-0.2, 0) is 14.8 Å². The van der Waals surface area contributed by atoms with Crippen LogP contribution in [0.2, 0.25) is 5.02 Å². The summed E-state index contributed by atoms with van der Waals surface area (Å²) < 4.78 is 31.8. The van der Waals surface area contributed by atoms with Crippen molar-refractivity contribution in [1.29, 1.82) is 0 Å². The largest absolute Gasteiger partial charge is 0.495 e. The van der Waals surface area contributed by atoms with Gasteiger partial charge in [0, 0.05) is 17.0 Å². The second-order valence-electron chi connectivity index (χ2n) is 6.12. The van der Waals surface area contributed by atoms with Crippen molar-refractivity contribution in [3.63, 3.8) is 0 Å². The number of nitrogens with one attached hydrogen (secondary N) is 1. The van der Waals surface area contributed by atoms with E-state index in [0.29, 0.717) is 0 Å². The molecule has 1 atom stereocenters. The van der Waals surface area contributed by atoms with E-state index in [1.165, 1.54) is 32.4 Å². The Morgan fingerprint density at radius 3 is 2.46 bits per heavy atom. The first-order valence-corrected chi connectivity index (χ1v) is 11.5. The number of ether oxygens (including phenoxy) is 1. The van der Waals surface area contributed by atoms with Crippen LogP contribution >= 0.6 is 23.4 Å². The maximum atomic E-state index is 12.8. The second-order valence-corrected chi connectivity index (χ2v) is 9.45. The number of hydrogen-bond donors (Lipinski definition) is 1. The standard InChI is InChI=1S/C19H23ClN2O4S2/c1-13(14-5-8-16(27-4)9-6-14)21-19(23)12-22(2)28(24,25)18-11-15(20)7-10-17(18)26-3/h5-11,13H,12H2,1-4H3,(H,21,23)/t13-/m1/s1. The molecule has 0 saturated heterocycles. The van der Waals surface area contributed by atoms with Gasteiger partial charge in [0.1, 0.15) is 10.6 Å². The van der Waals surface area contributed by atoms with Gasteiger partial charge in [-0.1, -0.05) is 23.7 Å². The molecule has 28 heavy (non-hydrogen) atoms. The number of carbonyl (C=O) groups is 1. The molecular weight excluding hydrogens is 420 g/mol. The minimum Gasteiger partial charge on any atom is -0.495 e. The monoisotopic (exact) mass is 442 g/mol. The SMILES string of the molecule is COc1ccc(Cl)cc1S(=O)(=O)N(C)CC(=O)N[C@H](C)c1ccc(SC)cc1. The molecule has 0 aliphatic carbocycles. The number of hydrogen-bond acceptors (Lipinski definition) is 5. The highest BCUT2D eigenvalue weighted by Crippen LogP contribution is 2.29. The summed E-state index contributed by atoms with van der Waals surface area (Å²) in [5, 5.41) is 3.08. The molecule has 1 amide bonds. The number of methoxy groups -OCH3 is 1. The average molecular weight is 443 g/mol. The van der Waals surface area contributed by atoms with E-state index in [2.05, 4.69) is 5.32 Å². The topological polar surface area (TPSA) is 75.7 Å². The zero-order chi connectivity index (χ0) is 20.9. The minimum absolute atomic E-state index is 0.0847. The number of carbonyl (C=O) groups excluding carboxylic acids is 1. The Balaban J connectivity index is 2.09. The highest BCUT2D eigenvalue weighted by Gasteiger charge is 2.27. The van der Waals surface area contributed by atoms with Crippen LogP contribution in [0.5, 0.6) is 5.75 Å². The number of sulfonamides is 1. The van der Waals surface area contributed by atoms with Crippen LogP contribution in [-0.4, -0.2) is 45.6 Å². The molecule has 0 radical (unpaired) electrons. The number of halogens is 1. The first-order valence-electron chi connectivity index (χ1n) is 8.42. The first-order chi connectivity index (χ1) is 13.2. The highest BCUT2D eigenvalue weighted by molar-refractivity contribution is 7.98. The minimum atomic E-state index is -3.95. The molecular formula is C19H23ClN2O4S2.